The van der Waals surface area contributed by atoms with Crippen LogP contribution in [-0.4, -0.2) is 37.0 Å². The predicted octanol–water partition coefficient (Wildman–Crippen LogP) is 2.68. The Kier molecular flexibility index (Phi) is 6.59. The molecule has 0 aliphatic carbocycles. The van der Waals surface area contributed by atoms with Crippen molar-refractivity contribution >= 4 is 11.8 Å². The number of ether oxygens (including phenoxy) is 1. The molecule has 0 fully saturated rings. The molecule has 0 unspecified atom stereocenters. The molecular weight excluding hydrogens is 429 g/mol. The van der Waals surface area contributed by atoms with Crippen molar-refractivity contribution in [2.45, 2.75) is 13.2 Å². The molecule has 0 spiro atoms. The van der Waals surface area contributed by atoms with Crippen LogP contribution in [0.3, 0.4) is 0 Å². The molecule has 2 aromatic carbocycles. The van der Waals surface area contributed by atoms with E-state index in [4.69, 9.17) is 15.3 Å². The molecule has 4 rings (SSSR count). The number of oxime groups is 1. The fourth-order valence-corrected chi connectivity index (χ4v) is 2.92. The van der Waals surface area contributed by atoms with Gasteiger partial charge in [0.25, 0.3) is 0 Å². The van der Waals surface area contributed by atoms with E-state index in [9.17, 15) is 9.18 Å². The van der Waals surface area contributed by atoms with Gasteiger partial charge in [-0.25, -0.2) is 18.9 Å². The molecule has 0 aliphatic heterocycles. The summed E-state index contributed by atoms with van der Waals surface area (Å²) >= 11 is 0. The first-order valence-corrected chi connectivity index (χ1v) is 9.78. The number of carbonyl (C=O) groups excluding carboxylic acids is 1. The summed E-state index contributed by atoms with van der Waals surface area (Å²) in [7, 11) is 0. The van der Waals surface area contributed by atoms with Gasteiger partial charge < -0.3 is 15.3 Å². The number of primary amides is 1. The Labute approximate surface area is 187 Å². The van der Waals surface area contributed by atoms with Gasteiger partial charge in [-0.05, 0) is 34.2 Å². The number of nitrogens with zero attached hydrogens (tertiary/aromatic N) is 6. The molecule has 4 aromatic rings. The minimum absolute atomic E-state index is 0.00811. The van der Waals surface area contributed by atoms with Crippen LogP contribution < -0.4 is 10.5 Å². The number of tetrazole rings is 1. The van der Waals surface area contributed by atoms with Gasteiger partial charge in [0, 0.05) is 11.6 Å². The number of pyridine rings is 1. The number of carbonyl (C=O) groups is 1. The van der Waals surface area contributed by atoms with Gasteiger partial charge in [-0.15, -0.1) is 5.10 Å². The van der Waals surface area contributed by atoms with Crippen LogP contribution >= 0.6 is 0 Å². The highest BCUT2D eigenvalue weighted by Crippen LogP contribution is 2.13. The molecule has 2 aromatic heterocycles. The highest BCUT2D eigenvalue weighted by molar-refractivity contribution is 6.10. The summed E-state index contributed by atoms with van der Waals surface area (Å²) in [6.45, 7) is 0.300. The maximum Gasteiger partial charge on any atom is 0.411 e. The molecule has 0 saturated heterocycles. The van der Waals surface area contributed by atoms with Crippen LogP contribution in [0.5, 0.6) is 5.88 Å². The predicted molar refractivity (Wildman–Crippen MR) is 115 cm³/mol. The molecule has 0 radical (unpaired) electrons. The van der Waals surface area contributed by atoms with E-state index in [1.54, 1.807) is 28.9 Å². The average Bonchev–Trinajstić information content (AvgIpc) is 3.26. The van der Waals surface area contributed by atoms with Gasteiger partial charge in [0.15, 0.2) is 12.3 Å². The minimum atomic E-state index is -0.960. The van der Waals surface area contributed by atoms with Crippen LogP contribution in [0.2, 0.25) is 0 Å². The molecule has 0 atom stereocenters. The summed E-state index contributed by atoms with van der Waals surface area (Å²) in [6, 6.07) is 20.2. The largest absolute Gasteiger partial charge is 0.411 e. The molecule has 0 aliphatic rings. The first-order chi connectivity index (χ1) is 16.1. The highest BCUT2D eigenvalue weighted by Gasteiger charge is 2.17. The van der Waals surface area contributed by atoms with Crippen molar-refractivity contribution in [3.05, 3.63) is 101 Å². The molecule has 2 heterocycles. The lowest BCUT2D eigenvalue weighted by atomic mass is 10.1. The van der Waals surface area contributed by atoms with E-state index in [1.807, 2.05) is 30.3 Å². The Morgan fingerprint density at radius 1 is 1.03 bits per heavy atom. The molecule has 0 saturated carbocycles. The molecule has 33 heavy (non-hydrogen) atoms. The average molecular weight is 447 g/mol. The van der Waals surface area contributed by atoms with E-state index in [0.29, 0.717) is 23.8 Å². The number of hydrogen-bond acceptors (Lipinski definition) is 8. The number of benzene rings is 2. The zero-order valence-electron chi connectivity index (χ0n) is 17.2. The van der Waals surface area contributed by atoms with Crippen LogP contribution in [0.25, 0.3) is 0 Å². The molecule has 11 heteroatoms. The van der Waals surface area contributed by atoms with Crippen LogP contribution in [0.4, 0.5) is 9.18 Å². The Hall–Kier alpha value is -4.67. The number of halogens is 1. The summed E-state index contributed by atoms with van der Waals surface area (Å²) in [5, 5.41) is 16.2. The maximum absolute atomic E-state index is 13.2. The second kappa shape index (κ2) is 10.1. The number of hydrogen-bond donors (Lipinski definition) is 1. The number of amides is 1. The third-order valence-electron chi connectivity index (χ3n) is 4.39. The zero-order valence-corrected chi connectivity index (χ0v) is 17.2. The maximum atomic E-state index is 13.2. The van der Waals surface area contributed by atoms with E-state index < -0.39 is 6.09 Å². The van der Waals surface area contributed by atoms with Gasteiger partial charge in [0.05, 0.1) is 12.2 Å². The van der Waals surface area contributed by atoms with Gasteiger partial charge in [-0.1, -0.05) is 53.7 Å². The first-order valence-electron chi connectivity index (χ1n) is 9.78. The van der Waals surface area contributed by atoms with Crippen molar-refractivity contribution in [1.29, 1.82) is 0 Å². The van der Waals surface area contributed by atoms with Gasteiger partial charge in [0.2, 0.25) is 11.7 Å². The highest BCUT2D eigenvalue weighted by atomic mass is 19.1. The van der Waals surface area contributed by atoms with Gasteiger partial charge >= 0.3 is 6.09 Å². The third kappa shape index (κ3) is 5.73. The van der Waals surface area contributed by atoms with Crippen molar-refractivity contribution in [3.63, 3.8) is 0 Å². The Morgan fingerprint density at radius 2 is 1.82 bits per heavy atom. The van der Waals surface area contributed by atoms with Crippen molar-refractivity contribution in [3.8, 4) is 5.88 Å². The van der Waals surface area contributed by atoms with Gasteiger partial charge in [-0.2, -0.15) is 0 Å². The lowest BCUT2D eigenvalue weighted by Crippen LogP contribution is -2.17. The second-order valence-electron chi connectivity index (χ2n) is 6.75. The fraction of sp³-hybridized carbons (Fsp3) is 0.0909. The monoisotopic (exact) mass is 447 g/mol. The lowest BCUT2D eigenvalue weighted by Gasteiger charge is -2.09. The van der Waals surface area contributed by atoms with E-state index in [2.05, 4.69) is 25.7 Å². The van der Waals surface area contributed by atoms with E-state index in [-0.39, 0.29) is 18.3 Å². The van der Waals surface area contributed by atoms with Gasteiger partial charge in [-0.3, -0.25) is 0 Å². The van der Waals surface area contributed by atoms with Crippen LogP contribution in [-0.2, 0) is 18.0 Å². The zero-order chi connectivity index (χ0) is 23.0. The van der Waals surface area contributed by atoms with Crippen LogP contribution in [0.1, 0.15) is 22.6 Å². The number of nitrogens with two attached hydrogens (primary N) is 1. The van der Waals surface area contributed by atoms with Crippen molar-refractivity contribution in [1.82, 2.24) is 25.2 Å². The van der Waals surface area contributed by atoms with Crippen molar-refractivity contribution in [2.24, 2.45) is 10.9 Å². The number of rotatable bonds is 8. The normalized spacial score (nSPS) is 11.2. The second-order valence-corrected chi connectivity index (χ2v) is 6.75. The molecule has 2 N–H and O–H groups in total. The molecule has 0 bridgehead atoms. The van der Waals surface area contributed by atoms with Crippen LogP contribution in [0, 0.1) is 5.82 Å². The van der Waals surface area contributed by atoms with Crippen molar-refractivity contribution < 1.29 is 18.8 Å². The standard InChI is InChI=1S/C22H18FN7O3/c23-17-11-9-15(10-12-17)13-30-21(26-28-29-30)20(16-5-2-1-3-6-16)27-32-14-18-7-4-8-19(25-18)33-22(24)31/h1-12H,13-14H2,(H2,24,31). The Balaban J connectivity index is 1.58. The SMILES string of the molecule is NC(=O)Oc1cccc(CON=C(c2ccccc2)c2nnnn2Cc2ccc(F)cc2)n1. The Morgan fingerprint density at radius 3 is 2.58 bits per heavy atom. The fourth-order valence-electron chi connectivity index (χ4n) is 2.92. The number of aromatic nitrogens is 5. The lowest BCUT2D eigenvalue weighted by molar-refractivity contribution is 0.127. The first kappa shape index (κ1) is 21.6. The third-order valence-corrected chi connectivity index (χ3v) is 4.39. The van der Waals surface area contributed by atoms with Gasteiger partial charge in [0.1, 0.15) is 5.82 Å². The summed E-state index contributed by atoms with van der Waals surface area (Å²) < 4.78 is 19.6. The van der Waals surface area contributed by atoms with Crippen LogP contribution in [0.15, 0.2) is 78.0 Å². The topological polar surface area (TPSA) is 130 Å². The Bertz CT molecular complexity index is 1260. The molecule has 10 nitrogen and oxygen atoms in total. The molecule has 1 amide bonds. The van der Waals surface area contributed by atoms with E-state index in [0.717, 1.165) is 11.1 Å². The smallest absolute Gasteiger partial charge is 0.391 e. The summed E-state index contributed by atoms with van der Waals surface area (Å²) in [5.74, 6) is 0.0953. The van der Waals surface area contributed by atoms with E-state index in [1.165, 1.54) is 18.2 Å². The minimum Gasteiger partial charge on any atom is -0.391 e. The summed E-state index contributed by atoms with van der Waals surface area (Å²) in [5.41, 5.74) is 7.42. The quantitative estimate of drug-likeness (QED) is 0.325. The van der Waals surface area contributed by atoms with Crippen molar-refractivity contribution in [2.75, 3.05) is 0 Å². The summed E-state index contributed by atoms with van der Waals surface area (Å²) in [4.78, 5) is 20.6. The summed E-state index contributed by atoms with van der Waals surface area (Å²) in [6.07, 6.45) is -0.960. The molecule has 166 valence electrons. The van der Waals surface area contributed by atoms with E-state index >= 15 is 0 Å². The molecular formula is C22H18FN7O3.